The van der Waals surface area contributed by atoms with Crippen molar-refractivity contribution in [2.75, 3.05) is 13.7 Å². The topological polar surface area (TPSA) is 48.7 Å². The third-order valence-corrected chi connectivity index (χ3v) is 4.11. The van der Waals surface area contributed by atoms with Crippen LogP contribution in [0, 0.1) is 5.92 Å². The first kappa shape index (κ1) is 17.1. The van der Waals surface area contributed by atoms with E-state index in [1.165, 1.54) is 6.26 Å². The highest BCUT2D eigenvalue weighted by molar-refractivity contribution is 5.83. The summed E-state index contributed by atoms with van der Waals surface area (Å²) in [5.74, 6) is 1.94. The fraction of sp³-hybridized carbons (Fsp3) is 0.286. The maximum absolute atomic E-state index is 12.9. The van der Waals surface area contributed by atoms with E-state index < -0.39 is 0 Å². The molecule has 0 bridgehead atoms. The van der Waals surface area contributed by atoms with E-state index in [0.29, 0.717) is 40.6 Å². The lowest BCUT2D eigenvalue weighted by Crippen LogP contribution is -2.06. The Hall–Kier alpha value is -2.75. The number of benzene rings is 2. The average molecular weight is 338 g/mol. The van der Waals surface area contributed by atoms with Crippen molar-refractivity contribution in [2.45, 2.75) is 20.3 Å². The van der Waals surface area contributed by atoms with Gasteiger partial charge in [-0.3, -0.25) is 4.79 Å². The molecule has 0 saturated carbocycles. The van der Waals surface area contributed by atoms with E-state index in [0.717, 1.165) is 12.0 Å². The molecule has 4 nitrogen and oxygen atoms in total. The molecule has 1 aromatic heterocycles. The molecule has 25 heavy (non-hydrogen) atoms. The van der Waals surface area contributed by atoms with E-state index in [-0.39, 0.29) is 5.43 Å². The van der Waals surface area contributed by atoms with Gasteiger partial charge in [0.05, 0.1) is 24.7 Å². The summed E-state index contributed by atoms with van der Waals surface area (Å²) in [6.07, 6.45) is 2.47. The van der Waals surface area contributed by atoms with Crippen molar-refractivity contribution in [1.29, 1.82) is 0 Å². The van der Waals surface area contributed by atoms with E-state index >= 15 is 0 Å². The predicted octanol–water partition coefficient (Wildman–Crippen LogP) is 4.89. The normalized spacial score (nSPS) is 11.0. The first-order valence-corrected chi connectivity index (χ1v) is 8.42. The lowest BCUT2D eigenvalue weighted by molar-refractivity contribution is 0.289. The SMILES string of the molecule is COc1ccccc1-c1coc2cc(OCCC(C)C)ccc2c1=O. The summed E-state index contributed by atoms with van der Waals surface area (Å²) >= 11 is 0. The highest BCUT2D eigenvalue weighted by Crippen LogP contribution is 2.29. The second-order valence-electron chi connectivity index (χ2n) is 6.37. The molecule has 0 saturated heterocycles. The van der Waals surface area contributed by atoms with Crippen LogP contribution in [0.3, 0.4) is 0 Å². The van der Waals surface area contributed by atoms with Gasteiger partial charge in [0, 0.05) is 11.6 Å². The molecule has 0 fully saturated rings. The van der Waals surface area contributed by atoms with Crippen LogP contribution < -0.4 is 14.9 Å². The van der Waals surface area contributed by atoms with Crippen LogP contribution in [-0.2, 0) is 0 Å². The predicted molar refractivity (Wildman–Crippen MR) is 99.4 cm³/mol. The third-order valence-electron chi connectivity index (χ3n) is 4.11. The second-order valence-corrected chi connectivity index (χ2v) is 6.37. The standard InChI is InChI=1S/C21H22O4/c1-14(2)10-11-24-15-8-9-17-20(12-15)25-13-18(21(17)22)16-6-4-5-7-19(16)23-3/h4-9,12-14H,10-11H2,1-3H3. The Morgan fingerprint density at radius 3 is 2.64 bits per heavy atom. The smallest absolute Gasteiger partial charge is 0.200 e. The van der Waals surface area contributed by atoms with Crippen LogP contribution in [0.5, 0.6) is 11.5 Å². The second kappa shape index (κ2) is 7.43. The van der Waals surface area contributed by atoms with Crippen LogP contribution >= 0.6 is 0 Å². The van der Waals surface area contributed by atoms with E-state index in [1.54, 1.807) is 19.2 Å². The lowest BCUT2D eigenvalue weighted by Gasteiger charge is -2.10. The van der Waals surface area contributed by atoms with Crippen molar-refractivity contribution in [3.8, 4) is 22.6 Å². The zero-order valence-electron chi connectivity index (χ0n) is 14.7. The fourth-order valence-electron chi connectivity index (χ4n) is 2.66. The lowest BCUT2D eigenvalue weighted by atomic mass is 10.0. The summed E-state index contributed by atoms with van der Waals surface area (Å²) < 4.78 is 16.8. The number of hydrogen-bond donors (Lipinski definition) is 0. The van der Waals surface area contributed by atoms with Gasteiger partial charge in [0.15, 0.2) is 0 Å². The minimum Gasteiger partial charge on any atom is -0.496 e. The zero-order chi connectivity index (χ0) is 17.8. The van der Waals surface area contributed by atoms with Crippen LogP contribution in [0.4, 0.5) is 0 Å². The van der Waals surface area contributed by atoms with Crippen molar-refractivity contribution in [1.82, 2.24) is 0 Å². The maximum atomic E-state index is 12.9. The van der Waals surface area contributed by atoms with Gasteiger partial charge in [-0.25, -0.2) is 0 Å². The molecule has 0 spiro atoms. The van der Waals surface area contributed by atoms with Crippen molar-refractivity contribution < 1.29 is 13.9 Å². The molecule has 0 atom stereocenters. The quantitative estimate of drug-likeness (QED) is 0.642. The van der Waals surface area contributed by atoms with Gasteiger partial charge in [-0.05, 0) is 30.5 Å². The molecule has 0 N–H and O–H groups in total. The summed E-state index contributed by atoms with van der Waals surface area (Å²) in [5.41, 5.74) is 1.64. The van der Waals surface area contributed by atoms with Crippen LogP contribution in [0.2, 0.25) is 0 Å². The molecule has 3 rings (SSSR count). The van der Waals surface area contributed by atoms with Crippen molar-refractivity contribution in [3.05, 3.63) is 59.0 Å². The van der Waals surface area contributed by atoms with Crippen LogP contribution in [0.1, 0.15) is 20.3 Å². The Morgan fingerprint density at radius 2 is 1.88 bits per heavy atom. The molecule has 0 radical (unpaired) electrons. The number of methoxy groups -OCH3 is 1. The minimum absolute atomic E-state index is 0.0838. The van der Waals surface area contributed by atoms with E-state index in [4.69, 9.17) is 13.9 Å². The summed E-state index contributed by atoms with van der Waals surface area (Å²) in [6.45, 7) is 4.96. The van der Waals surface area contributed by atoms with Gasteiger partial charge in [0.1, 0.15) is 23.3 Å². The summed E-state index contributed by atoms with van der Waals surface area (Å²) in [5, 5.41) is 0.527. The Morgan fingerprint density at radius 1 is 1.08 bits per heavy atom. The Labute approximate surface area is 147 Å². The Kier molecular flexibility index (Phi) is 5.08. The molecule has 3 aromatic rings. The van der Waals surface area contributed by atoms with Crippen molar-refractivity contribution in [2.24, 2.45) is 5.92 Å². The molecule has 0 amide bonds. The number of rotatable bonds is 6. The highest BCUT2D eigenvalue weighted by Gasteiger charge is 2.13. The van der Waals surface area contributed by atoms with Gasteiger partial charge >= 0.3 is 0 Å². The molecule has 4 heteroatoms. The maximum Gasteiger partial charge on any atom is 0.200 e. The molecular weight excluding hydrogens is 316 g/mol. The summed E-state index contributed by atoms with van der Waals surface area (Å²) in [4.78, 5) is 12.9. The molecule has 0 aliphatic carbocycles. The van der Waals surface area contributed by atoms with Crippen LogP contribution in [-0.4, -0.2) is 13.7 Å². The van der Waals surface area contributed by atoms with Crippen LogP contribution in [0.15, 0.2) is 57.9 Å². The van der Waals surface area contributed by atoms with Gasteiger partial charge in [-0.1, -0.05) is 32.0 Å². The molecule has 0 aliphatic heterocycles. The Bertz CT molecular complexity index is 925. The summed E-state index contributed by atoms with van der Waals surface area (Å²) in [7, 11) is 1.59. The molecular formula is C21H22O4. The monoisotopic (exact) mass is 338 g/mol. The van der Waals surface area contributed by atoms with E-state index in [9.17, 15) is 4.79 Å². The van der Waals surface area contributed by atoms with Gasteiger partial charge in [0.25, 0.3) is 0 Å². The van der Waals surface area contributed by atoms with E-state index in [1.807, 2.05) is 30.3 Å². The van der Waals surface area contributed by atoms with Crippen molar-refractivity contribution >= 4 is 11.0 Å². The molecule has 0 unspecified atom stereocenters. The van der Waals surface area contributed by atoms with E-state index in [2.05, 4.69) is 13.8 Å². The van der Waals surface area contributed by atoms with Gasteiger partial charge in [0.2, 0.25) is 5.43 Å². The third kappa shape index (κ3) is 3.68. The Balaban J connectivity index is 1.97. The number of hydrogen-bond acceptors (Lipinski definition) is 4. The van der Waals surface area contributed by atoms with Gasteiger partial charge < -0.3 is 13.9 Å². The first-order chi connectivity index (χ1) is 12.1. The number of para-hydroxylation sites is 1. The average Bonchev–Trinajstić information content (AvgIpc) is 2.62. The first-order valence-electron chi connectivity index (χ1n) is 8.42. The highest BCUT2D eigenvalue weighted by atomic mass is 16.5. The molecule has 0 aliphatic rings. The molecule has 130 valence electrons. The molecule has 2 aromatic carbocycles. The molecule has 1 heterocycles. The van der Waals surface area contributed by atoms with Crippen LogP contribution in [0.25, 0.3) is 22.1 Å². The number of fused-ring (bicyclic) bond motifs is 1. The minimum atomic E-state index is -0.0838. The largest absolute Gasteiger partial charge is 0.496 e. The van der Waals surface area contributed by atoms with Gasteiger partial charge in [-0.15, -0.1) is 0 Å². The fourth-order valence-corrected chi connectivity index (χ4v) is 2.66. The zero-order valence-corrected chi connectivity index (χ0v) is 14.7. The summed E-state index contributed by atoms with van der Waals surface area (Å²) in [6, 6.07) is 12.7. The number of ether oxygens (including phenoxy) is 2. The van der Waals surface area contributed by atoms with Gasteiger partial charge in [-0.2, -0.15) is 0 Å². The van der Waals surface area contributed by atoms with Crippen molar-refractivity contribution in [3.63, 3.8) is 0 Å².